The average molecular weight is 282 g/mol. The summed E-state index contributed by atoms with van der Waals surface area (Å²) in [5.74, 6) is -1.15. The van der Waals surface area contributed by atoms with Crippen LogP contribution in [0, 0.1) is 0 Å². The van der Waals surface area contributed by atoms with E-state index in [1.54, 1.807) is 0 Å². The van der Waals surface area contributed by atoms with Gasteiger partial charge in [-0.3, -0.25) is 9.71 Å². The summed E-state index contributed by atoms with van der Waals surface area (Å²) in [4.78, 5) is 18.2. The van der Waals surface area contributed by atoms with E-state index >= 15 is 0 Å². The second kappa shape index (κ2) is 4.69. The molecule has 0 radical (unpaired) electrons. The van der Waals surface area contributed by atoms with Gasteiger partial charge in [0.1, 0.15) is 10.6 Å². The number of aryl methyl sites for hydroxylation is 1. The zero-order valence-corrected chi connectivity index (χ0v) is 10.6. The molecule has 2 aromatic rings. The van der Waals surface area contributed by atoms with Crippen LogP contribution in [0.1, 0.15) is 10.5 Å². The third-order valence-corrected chi connectivity index (χ3v) is 3.63. The van der Waals surface area contributed by atoms with Crippen molar-refractivity contribution in [3.8, 4) is 0 Å². The van der Waals surface area contributed by atoms with Gasteiger partial charge in [-0.05, 0) is 6.07 Å². The Labute approximate surface area is 108 Å². The molecule has 0 aromatic carbocycles. The standard InChI is InChI=1S/C10H10N4O4S/c1-14-6-7(4-8(14)10(15)16)19(17,18)13-9-5-11-2-3-12-9/h2-6H,1H3,(H,12,13)(H,15,16). The summed E-state index contributed by atoms with van der Waals surface area (Å²) in [5.41, 5.74) is -0.125. The summed E-state index contributed by atoms with van der Waals surface area (Å²) < 4.78 is 27.4. The van der Waals surface area contributed by atoms with Crippen LogP contribution in [0.2, 0.25) is 0 Å². The summed E-state index contributed by atoms with van der Waals surface area (Å²) in [6.45, 7) is 0. The highest BCUT2D eigenvalue weighted by molar-refractivity contribution is 7.92. The smallest absolute Gasteiger partial charge is 0.352 e. The van der Waals surface area contributed by atoms with Crippen molar-refractivity contribution in [2.45, 2.75) is 4.90 Å². The normalized spacial score (nSPS) is 11.2. The van der Waals surface area contributed by atoms with Crippen molar-refractivity contribution in [2.24, 2.45) is 7.05 Å². The van der Waals surface area contributed by atoms with Crippen molar-refractivity contribution in [1.82, 2.24) is 14.5 Å². The van der Waals surface area contributed by atoms with Gasteiger partial charge >= 0.3 is 5.97 Å². The Morgan fingerprint density at radius 1 is 1.42 bits per heavy atom. The number of carboxylic acid groups (broad SMARTS) is 1. The number of aromatic nitrogens is 3. The Hall–Kier alpha value is -2.42. The molecule has 0 fully saturated rings. The molecule has 0 unspecified atom stereocenters. The lowest BCUT2D eigenvalue weighted by atomic mass is 10.4. The van der Waals surface area contributed by atoms with E-state index < -0.39 is 16.0 Å². The second-order valence-corrected chi connectivity index (χ2v) is 5.36. The van der Waals surface area contributed by atoms with Gasteiger partial charge in [-0.15, -0.1) is 0 Å². The highest BCUT2D eigenvalue weighted by Gasteiger charge is 2.20. The first kappa shape index (κ1) is 13.0. The molecule has 0 saturated carbocycles. The Morgan fingerprint density at radius 3 is 2.68 bits per heavy atom. The maximum Gasteiger partial charge on any atom is 0.352 e. The number of nitrogens with one attached hydrogen (secondary N) is 1. The topological polar surface area (TPSA) is 114 Å². The van der Waals surface area contributed by atoms with Gasteiger partial charge in [-0.25, -0.2) is 18.2 Å². The lowest BCUT2D eigenvalue weighted by molar-refractivity contribution is 0.0686. The molecule has 0 amide bonds. The summed E-state index contributed by atoms with van der Waals surface area (Å²) in [7, 11) is -2.44. The molecule has 0 aliphatic rings. The van der Waals surface area contributed by atoms with Crippen molar-refractivity contribution in [2.75, 3.05) is 4.72 Å². The fourth-order valence-corrected chi connectivity index (χ4v) is 2.50. The van der Waals surface area contributed by atoms with Crippen LogP contribution in [0.5, 0.6) is 0 Å². The van der Waals surface area contributed by atoms with E-state index in [-0.39, 0.29) is 16.4 Å². The zero-order chi connectivity index (χ0) is 14.0. The third-order valence-electron chi connectivity index (χ3n) is 2.31. The van der Waals surface area contributed by atoms with Crippen LogP contribution >= 0.6 is 0 Å². The van der Waals surface area contributed by atoms with Gasteiger partial charge in [0.2, 0.25) is 0 Å². The number of hydrogen-bond acceptors (Lipinski definition) is 5. The number of nitrogens with zero attached hydrogens (tertiary/aromatic N) is 3. The third kappa shape index (κ3) is 2.71. The molecule has 8 nitrogen and oxygen atoms in total. The highest BCUT2D eigenvalue weighted by Crippen LogP contribution is 2.16. The molecular weight excluding hydrogens is 272 g/mol. The van der Waals surface area contributed by atoms with E-state index in [1.807, 2.05) is 0 Å². The van der Waals surface area contributed by atoms with Gasteiger partial charge in [0.05, 0.1) is 6.20 Å². The SMILES string of the molecule is Cn1cc(S(=O)(=O)Nc2cnccn2)cc1C(=O)O. The summed E-state index contributed by atoms with van der Waals surface area (Å²) in [6, 6.07) is 1.07. The minimum absolute atomic E-state index is 0.0585. The number of hydrogen-bond donors (Lipinski definition) is 2. The van der Waals surface area contributed by atoms with E-state index in [0.717, 1.165) is 6.07 Å². The number of anilines is 1. The quantitative estimate of drug-likeness (QED) is 0.834. The van der Waals surface area contributed by atoms with Crippen LogP contribution in [-0.2, 0) is 17.1 Å². The highest BCUT2D eigenvalue weighted by atomic mass is 32.2. The van der Waals surface area contributed by atoms with Crippen molar-refractivity contribution < 1.29 is 18.3 Å². The minimum atomic E-state index is -3.89. The second-order valence-electron chi connectivity index (χ2n) is 3.67. The lowest BCUT2D eigenvalue weighted by Crippen LogP contribution is -2.13. The van der Waals surface area contributed by atoms with Crippen LogP contribution in [0.3, 0.4) is 0 Å². The first-order chi connectivity index (χ1) is 8.90. The number of aromatic carboxylic acids is 1. The molecule has 0 aliphatic heterocycles. The molecule has 100 valence electrons. The Bertz CT molecular complexity index is 708. The minimum Gasteiger partial charge on any atom is -0.477 e. The molecule has 0 bridgehead atoms. The largest absolute Gasteiger partial charge is 0.477 e. The first-order valence-corrected chi connectivity index (χ1v) is 6.57. The molecule has 2 aromatic heterocycles. The van der Waals surface area contributed by atoms with Crippen molar-refractivity contribution in [1.29, 1.82) is 0 Å². The molecule has 2 heterocycles. The predicted octanol–water partition coefficient (Wildman–Crippen LogP) is 0.314. The summed E-state index contributed by atoms with van der Waals surface area (Å²) in [5, 5.41) is 8.88. The molecular formula is C10H10N4O4S. The van der Waals surface area contributed by atoms with Crippen LogP contribution < -0.4 is 4.72 Å². The fraction of sp³-hybridized carbons (Fsp3) is 0.100. The Morgan fingerprint density at radius 2 is 2.16 bits per heavy atom. The van der Waals surface area contributed by atoms with Crippen molar-refractivity contribution in [3.05, 3.63) is 36.5 Å². The van der Waals surface area contributed by atoms with Gasteiger partial charge in [0.25, 0.3) is 10.0 Å². The van der Waals surface area contributed by atoms with Gasteiger partial charge in [-0.1, -0.05) is 0 Å². The summed E-state index contributed by atoms with van der Waals surface area (Å²) >= 11 is 0. The van der Waals surface area contributed by atoms with E-state index in [9.17, 15) is 13.2 Å². The Kier molecular flexibility index (Phi) is 3.21. The van der Waals surface area contributed by atoms with Gasteiger partial charge in [0.15, 0.2) is 5.82 Å². The van der Waals surface area contributed by atoms with Crippen LogP contribution in [0.25, 0.3) is 0 Å². The molecule has 19 heavy (non-hydrogen) atoms. The molecule has 0 aliphatic carbocycles. The maximum atomic E-state index is 12.0. The van der Waals surface area contributed by atoms with E-state index in [1.165, 1.54) is 36.4 Å². The number of carboxylic acids is 1. The molecule has 0 saturated heterocycles. The molecule has 2 rings (SSSR count). The number of sulfonamides is 1. The van der Waals surface area contributed by atoms with E-state index in [0.29, 0.717) is 0 Å². The van der Waals surface area contributed by atoms with Crippen LogP contribution in [-0.4, -0.2) is 34.0 Å². The fourth-order valence-electron chi connectivity index (χ4n) is 1.44. The first-order valence-electron chi connectivity index (χ1n) is 5.08. The molecule has 2 N–H and O–H groups in total. The van der Waals surface area contributed by atoms with Gasteiger partial charge in [-0.2, -0.15) is 0 Å². The monoisotopic (exact) mass is 282 g/mol. The average Bonchev–Trinajstić information content (AvgIpc) is 2.73. The summed E-state index contributed by atoms with van der Waals surface area (Å²) in [6.07, 6.45) is 5.20. The number of carbonyl (C=O) groups is 1. The molecule has 0 atom stereocenters. The number of rotatable bonds is 4. The van der Waals surface area contributed by atoms with Crippen LogP contribution in [0.15, 0.2) is 35.7 Å². The molecule has 9 heteroatoms. The maximum absolute atomic E-state index is 12.0. The van der Waals surface area contributed by atoms with Crippen molar-refractivity contribution in [3.63, 3.8) is 0 Å². The molecule has 0 spiro atoms. The lowest BCUT2D eigenvalue weighted by Gasteiger charge is -2.03. The van der Waals surface area contributed by atoms with Crippen molar-refractivity contribution >= 4 is 21.8 Å². The van der Waals surface area contributed by atoms with E-state index in [4.69, 9.17) is 5.11 Å². The zero-order valence-electron chi connectivity index (χ0n) is 9.81. The Balaban J connectivity index is 2.35. The van der Waals surface area contributed by atoms with Crippen LogP contribution in [0.4, 0.5) is 5.82 Å². The van der Waals surface area contributed by atoms with Gasteiger partial charge in [0, 0.05) is 25.6 Å². The van der Waals surface area contributed by atoms with E-state index in [2.05, 4.69) is 14.7 Å². The van der Waals surface area contributed by atoms with Gasteiger partial charge < -0.3 is 9.67 Å². The predicted molar refractivity (Wildman–Crippen MR) is 65.2 cm³/mol.